The minimum atomic E-state index is -0.394. The fourth-order valence-electron chi connectivity index (χ4n) is 2.10. The molecule has 1 aromatic heterocycles. The van der Waals surface area contributed by atoms with Crippen LogP contribution in [0, 0.1) is 10.1 Å². The Hall–Kier alpha value is -2.21. The lowest BCUT2D eigenvalue weighted by molar-refractivity contribution is -0.383. The molecule has 20 heavy (non-hydrogen) atoms. The summed E-state index contributed by atoms with van der Waals surface area (Å²) < 4.78 is 0. The van der Waals surface area contributed by atoms with Crippen molar-refractivity contribution in [1.82, 2.24) is 4.98 Å². The second-order valence-electron chi connectivity index (χ2n) is 4.50. The van der Waals surface area contributed by atoms with Gasteiger partial charge < -0.3 is 10.4 Å². The lowest BCUT2D eigenvalue weighted by atomic mass is 10.1. The number of nitro benzene ring substituents is 1. The second kappa shape index (κ2) is 6.81. The lowest BCUT2D eigenvalue weighted by Crippen LogP contribution is -2.03. The van der Waals surface area contributed by atoms with Gasteiger partial charge in [0.2, 0.25) is 0 Å². The van der Waals surface area contributed by atoms with Crippen molar-refractivity contribution in [1.29, 1.82) is 0 Å². The molecule has 0 radical (unpaired) electrons. The van der Waals surface area contributed by atoms with Crippen LogP contribution in [-0.4, -0.2) is 28.2 Å². The molecule has 0 saturated heterocycles. The molecule has 0 atom stereocenters. The molecule has 2 rings (SSSR count). The first-order valence-electron chi connectivity index (χ1n) is 6.61. The number of non-ortho nitro benzene ring substituents is 1. The van der Waals surface area contributed by atoms with Gasteiger partial charge in [0.05, 0.1) is 16.0 Å². The number of rotatable bonds is 7. The molecule has 0 amide bonds. The van der Waals surface area contributed by atoms with Crippen LogP contribution in [0.1, 0.15) is 19.3 Å². The summed E-state index contributed by atoms with van der Waals surface area (Å²) in [6.07, 6.45) is 4.30. The van der Waals surface area contributed by atoms with Gasteiger partial charge in [-0.3, -0.25) is 15.1 Å². The summed E-state index contributed by atoms with van der Waals surface area (Å²) in [6.45, 7) is 0.964. The number of nitrogens with zero attached hydrogens (tertiary/aromatic N) is 2. The first-order chi connectivity index (χ1) is 9.74. The van der Waals surface area contributed by atoms with Crippen molar-refractivity contribution in [2.24, 2.45) is 0 Å². The van der Waals surface area contributed by atoms with Gasteiger partial charge in [0.25, 0.3) is 5.69 Å². The number of hydrogen-bond donors (Lipinski definition) is 2. The van der Waals surface area contributed by atoms with Crippen LogP contribution in [0.5, 0.6) is 0 Å². The quantitative estimate of drug-likeness (QED) is 0.461. The Morgan fingerprint density at radius 1 is 1.25 bits per heavy atom. The highest BCUT2D eigenvalue weighted by molar-refractivity contribution is 5.96. The van der Waals surface area contributed by atoms with E-state index in [1.807, 2.05) is 0 Å². The summed E-state index contributed by atoms with van der Waals surface area (Å²) in [7, 11) is 0. The van der Waals surface area contributed by atoms with E-state index in [2.05, 4.69) is 10.3 Å². The summed E-state index contributed by atoms with van der Waals surface area (Å²) in [6, 6.07) is 6.59. The van der Waals surface area contributed by atoms with Gasteiger partial charge in [-0.2, -0.15) is 0 Å². The van der Waals surface area contributed by atoms with Crippen LogP contribution in [0.4, 0.5) is 11.4 Å². The molecule has 6 heteroatoms. The molecular formula is C14H17N3O3. The predicted molar refractivity (Wildman–Crippen MR) is 77.8 cm³/mol. The maximum absolute atomic E-state index is 11.0. The summed E-state index contributed by atoms with van der Waals surface area (Å²) >= 11 is 0. The Morgan fingerprint density at radius 2 is 2.10 bits per heavy atom. The summed E-state index contributed by atoms with van der Waals surface area (Å²) in [4.78, 5) is 14.8. The van der Waals surface area contributed by atoms with Crippen molar-refractivity contribution in [3.05, 3.63) is 40.6 Å². The number of aromatic nitrogens is 1. The first kappa shape index (κ1) is 14.2. The Bertz CT molecular complexity index is 601. The van der Waals surface area contributed by atoms with E-state index in [0.29, 0.717) is 10.9 Å². The monoisotopic (exact) mass is 275 g/mol. The normalized spacial score (nSPS) is 10.7. The van der Waals surface area contributed by atoms with Crippen LogP contribution in [0.15, 0.2) is 30.5 Å². The molecule has 0 bridgehead atoms. The SMILES string of the molecule is O=[N+]([O-])c1ccc(NCCCCCO)c2ncccc12. The Labute approximate surface area is 116 Å². The van der Waals surface area contributed by atoms with E-state index >= 15 is 0 Å². The minimum Gasteiger partial charge on any atom is -0.396 e. The van der Waals surface area contributed by atoms with E-state index in [0.717, 1.165) is 31.5 Å². The largest absolute Gasteiger partial charge is 0.396 e. The molecule has 0 fully saturated rings. The van der Waals surface area contributed by atoms with Crippen molar-refractivity contribution in [2.45, 2.75) is 19.3 Å². The van der Waals surface area contributed by atoms with Crippen LogP contribution in [0.3, 0.4) is 0 Å². The number of unbranched alkanes of at least 4 members (excludes halogenated alkanes) is 2. The molecule has 0 saturated carbocycles. The van der Waals surface area contributed by atoms with Crippen molar-refractivity contribution in [3.63, 3.8) is 0 Å². The molecule has 0 aliphatic heterocycles. The molecule has 2 aromatic rings. The van der Waals surface area contributed by atoms with Gasteiger partial charge in [-0.05, 0) is 37.5 Å². The molecule has 106 valence electrons. The average Bonchev–Trinajstić information content (AvgIpc) is 2.46. The zero-order chi connectivity index (χ0) is 14.4. The van der Waals surface area contributed by atoms with Gasteiger partial charge in [0.15, 0.2) is 0 Å². The molecule has 0 aliphatic carbocycles. The summed E-state index contributed by atoms with van der Waals surface area (Å²) in [5, 5.41) is 23.5. The van der Waals surface area contributed by atoms with E-state index in [1.54, 1.807) is 24.4 Å². The Morgan fingerprint density at radius 3 is 2.85 bits per heavy atom. The van der Waals surface area contributed by atoms with Crippen LogP contribution in [-0.2, 0) is 0 Å². The molecule has 2 N–H and O–H groups in total. The van der Waals surface area contributed by atoms with E-state index in [-0.39, 0.29) is 12.3 Å². The summed E-state index contributed by atoms with van der Waals surface area (Å²) in [5.41, 5.74) is 1.48. The van der Waals surface area contributed by atoms with Crippen molar-refractivity contribution in [3.8, 4) is 0 Å². The highest BCUT2D eigenvalue weighted by atomic mass is 16.6. The van der Waals surface area contributed by atoms with Crippen LogP contribution in [0.25, 0.3) is 10.9 Å². The molecule has 0 aliphatic rings. The van der Waals surface area contributed by atoms with E-state index < -0.39 is 4.92 Å². The van der Waals surface area contributed by atoms with Gasteiger partial charge in [0, 0.05) is 25.4 Å². The van der Waals surface area contributed by atoms with E-state index in [4.69, 9.17) is 5.11 Å². The second-order valence-corrected chi connectivity index (χ2v) is 4.50. The minimum absolute atomic E-state index is 0.0685. The van der Waals surface area contributed by atoms with Crippen LogP contribution >= 0.6 is 0 Å². The first-order valence-corrected chi connectivity index (χ1v) is 6.61. The number of aliphatic hydroxyl groups excluding tert-OH is 1. The summed E-state index contributed by atoms with van der Waals surface area (Å²) in [5.74, 6) is 0. The van der Waals surface area contributed by atoms with Crippen molar-refractivity contribution >= 4 is 22.3 Å². The van der Waals surface area contributed by atoms with Gasteiger partial charge in [-0.15, -0.1) is 0 Å². The Balaban J connectivity index is 2.18. The highest BCUT2D eigenvalue weighted by Gasteiger charge is 2.14. The lowest BCUT2D eigenvalue weighted by Gasteiger charge is -2.09. The fourth-order valence-corrected chi connectivity index (χ4v) is 2.10. The standard InChI is InChI=1S/C14H17N3O3/c18-10-3-1-2-8-15-12-6-7-13(17(19)20)11-5-4-9-16-14(11)12/h4-7,9,15,18H,1-3,8,10H2. The topological polar surface area (TPSA) is 88.3 Å². The number of hydrogen-bond acceptors (Lipinski definition) is 5. The third-order valence-corrected chi connectivity index (χ3v) is 3.09. The van der Waals surface area contributed by atoms with Crippen LogP contribution in [0.2, 0.25) is 0 Å². The van der Waals surface area contributed by atoms with Gasteiger partial charge in [0.1, 0.15) is 5.52 Å². The molecular weight excluding hydrogens is 258 g/mol. The van der Waals surface area contributed by atoms with Gasteiger partial charge in [-0.1, -0.05) is 0 Å². The number of benzene rings is 1. The van der Waals surface area contributed by atoms with Crippen LogP contribution < -0.4 is 5.32 Å². The highest BCUT2D eigenvalue weighted by Crippen LogP contribution is 2.29. The van der Waals surface area contributed by atoms with Crippen molar-refractivity contribution < 1.29 is 10.0 Å². The maximum Gasteiger partial charge on any atom is 0.278 e. The third kappa shape index (κ3) is 3.21. The molecule has 1 aromatic carbocycles. The Kier molecular flexibility index (Phi) is 4.84. The molecule has 6 nitrogen and oxygen atoms in total. The van der Waals surface area contributed by atoms with E-state index in [1.165, 1.54) is 6.07 Å². The molecule has 0 unspecified atom stereocenters. The zero-order valence-corrected chi connectivity index (χ0v) is 11.1. The smallest absolute Gasteiger partial charge is 0.278 e. The number of aliphatic hydroxyl groups is 1. The third-order valence-electron chi connectivity index (χ3n) is 3.09. The number of fused-ring (bicyclic) bond motifs is 1. The van der Waals surface area contributed by atoms with Gasteiger partial charge in [-0.25, -0.2) is 0 Å². The van der Waals surface area contributed by atoms with Gasteiger partial charge >= 0.3 is 0 Å². The average molecular weight is 275 g/mol. The maximum atomic E-state index is 11.0. The van der Waals surface area contributed by atoms with Crippen molar-refractivity contribution in [2.75, 3.05) is 18.5 Å². The predicted octanol–water partition coefficient (Wildman–Crippen LogP) is 2.72. The molecule has 1 heterocycles. The number of nitrogens with one attached hydrogen (secondary N) is 1. The zero-order valence-electron chi connectivity index (χ0n) is 11.1. The van der Waals surface area contributed by atoms with E-state index in [9.17, 15) is 10.1 Å². The molecule has 0 spiro atoms. The number of nitro groups is 1. The fraction of sp³-hybridized carbons (Fsp3) is 0.357. The number of anilines is 1. The number of pyridine rings is 1.